The Labute approximate surface area is 114 Å². The molecular weight excluding hydrogens is 300 g/mol. The molecule has 6 heteroatoms. The third kappa shape index (κ3) is 3.87. The van der Waals surface area contributed by atoms with Gasteiger partial charge in [0.05, 0.1) is 5.92 Å². The lowest BCUT2D eigenvalue weighted by molar-refractivity contribution is -0.141. The van der Waals surface area contributed by atoms with Crippen LogP contribution in [0.1, 0.15) is 30.3 Å². The van der Waals surface area contributed by atoms with Crippen molar-refractivity contribution in [2.45, 2.75) is 19.8 Å². The molecular formula is C12H17BrN2O3. The van der Waals surface area contributed by atoms with E-state index in [1.54, 1.807) is 23.9 Å². The number of rotatable bonds is 6. The summed E-state index contributed by atoms with van der Waals surface area (Å²) in [6.07, 6.45) is 3.12. The van der Waals surface area contributed by atoms with E-state index in [4.69, 9.17) is 5.11 Å². The Bertz CT molecular complexity index is 443. The number of nitrogens with zero attached hydrogens (tertiary/aromatic N) is 1. The zero-order valence-electron chi connectivity index (χ0n) is 10.4. The van der Waals surface area contributed by atoms with Crippen LogP contribution in [0.4, 0.5) is 0 Å². The molecule has 1 atom stereocenters. The van der Waals surface area contributed by atoms with Crippen LogP contribution in [0, 0.1) is 5.92 Å². The minimum absolute atomic E-state index is 0.158. The molecule has 0 saturated heterocycles. The lowest BCUT2D eigenvalue weighted by atomic mass is 10.0. The lowest BCUT2D eigenvalue weighted by Crippen LogP contribution is -2.33. The molecule has 100 valence electrons. The third-order valence-corrected chi connectivity index (χ3v) is 3.13. The summed E-state index contributed by atoms with van der Waals surface area (Å²) in [6, 6.07) is 1.70. The highest BCUT2D eigenvalue weighted by Crippen LogP contribution is 2.13. The van der Waals surface area contributed by atoms with Crippen molar-refractivity contribution in [3.63, 3.8) is 0 Å². The fourth-order valence-electron chi connectivity index (χ4n) is 1.72. The van der Waals surface area contributed by atoms with Gasteiger partial charge in [0.15, 0.2) is 0 Å². The fraction of sp³-hybridized carbons (Fsp3) is 0.500. The van der Waals surface area contributed by atoms with Gasteiger partial charge in [0.2, 0.25) is 0 Å². The van der Waals surface area contributed by atoms with Crippen LogP contribution in [0.15, 0.2) is 16.7 Å². The molecule has 1 heterocycles. The van der Waals surface area contributed by atoms with E-state index in [2.05, 4.69) is 21.2 Å². The maximum atomic E-state index is 11.9. The van der Waals surface area contributed by atoms with Crippen molar-refractivity contribution in [3.8, 4) is 0 Å². The van der Waals surface area contributed by atoms with Gasteiger partial charge < -0.3 is 15.0 Å². The molecule has 0 radical (unpaired) electrons. The Morgan fingerprint density at radius 1 is 1.56 bits per heavy atom. The van der Waals surface area contributed by atoms with Gasteiger partial charge in [-0.25, -0.2) is 0 Å². The number of halogens is 1. The Kier molecular flexibility index (Phi) is 5.40. The van der Waals surface area contributed by atoms with Crippen LogP contribution in [-0.2, 0) is 11.8 Å². The number of hydrogen-bond acceptors (Lipinski definition) is 2. The lowest BCUT2D eigenvalue weighted by Gasteiger charge is -2.12. The average Bonchev–Trinajstić information content (AvgIpc) is 2.63. The predicted molar refractivity (Wildman–Crippen MR) is 71.5 cm³/mol. The SMILES string of the molecule is CCCC(CNC(=O)c1cc(Br)cn1C)C(=O)O. The first-order chi connectivity index (χ1) is 8.45. The quantitative estimate of drug-likeness (QED) is 0.843. The van der Waals surface area contributed by atoms with Gasteiger partial charge in [-0.05, 0) is 28.4 Å². The summed E-state index contributed by atoms with van der Waals surface area (Å²) in [7, 11) is 1.76. The van der Waals surface area contributed by atoms with Gasteiger partial charge in [-0.3, -0.25) is 9.59 Å². The number of carbonyl (C=O) groups excluding carboxylic acids is 1. The minimum Gasteiger partial charge on any atom is -0.481 e. The van der Waals surface area contributed by atoms with Gasteiger partial charge in [-0.2, -0.15) is 0 Å². The number of aliphatic carboxylic acids is 1. The van der Waals surface area contributed by atoms with Crippen LogP contribution in [0.25, 0.3) is 0 Å². The first-order valence-electron chi connectivity index (χ1n) is 5.78. The van der Waals surface area contributed by atoms with Crippen molar-refractivity contribution in [1.29, 1.82) is 0 Å². The second-order valence-corrected chi connectivity index (χ2v) is 5.10. The summed E-state index contributed by atoms with van der Waals surface area (Å²) in [6.45, 7) is 2.08. The molecule has 0 fully saturated rings. The van der Waals surface area contributed by atoms with Crippen molar-refractivity contribution >= 4 is 27.8 Å². The van der Waals surface area contributed by atoms with Crippen LogP contribution in [0.2, 0.25) is 0 Å². The highest BCUT2D eigenvalue weighted by Gasteiger charge is 2.18. The number of nitrogens with one attached hydrogen (secondary N) is 1. The molecule has 1 aromatic rings. The van der Waals surface area contributed by atoms with Gasteiger partial charge in [0.25, 0.3) is 5.91 Å². The smallest absolute Gasteiger partial charge is 0.308 e. The molecule has 18 heavy (non-hydrogen) atoms. The Balaban J connectivity index is 2.60. The summed E-state index contributed by atoms with van der Waals surface area (Å²) < 4.78 is 2.51. The highest BCUT2D eigenvalue weighted by molar-refractivity contribution is 9.10. The molecule has 2 N–H and O–H groups in total. The summed E-state index contributed by atoms with van der Waals surface area (Å²) in [4.78, 5) is 22.8. The number of carbonyl (C=O) groups is 2. The Morgan fingerprint density at radius 2 is 2.22 bits per heavy atom. The summed E-state index contributed by atoms with van der Waals surface area (Å²) in [5.41, 5.74) is 0.502. The molecule has 0 aliphatic rings. The topological polar surface area (TPSA) is 71.3 Å². The van der Waals surface area contributed by atoms with E-state index in [0.29, 0.717) is 12.1 Å². The second-order valence-electron chi connectivity index (χ2n) is 4.19. The monoisotopic (exact) mass is 316 g/mol. The molecule has 1 amide bonds. The van der Waals surface area contributed by atoms with Crippen molar-refractivity contribution < 1.29 is 14.7 Å². The summed E-state index contributed by atoms with van der Waals surface area (Å²) in [5.74, 6) is -1.65. The van der Waals surface area contributed by atoms with E-state index in [0.717, 1.165) is 10.9 Å². The van der Waals surface area contributed by atoms with Crippen molar-refractivity contribution in [1.82, 2.24) is 9.88 Å². The normalized spacial score (nSPS) is 12.2. The maximum Gasteiger partial charge on any atom is 0.308 e. The minimum atomic E-state index is -0.870. The Hall–Kier alpha value is -1.30. The number of aryl methyl sites for hydroxylation is 1. The maximum absolute atomic E-state index is 11.9. The largest absolute Gasteiger partial charge is 0.481 e. The van der Waals surface area contributed by atoms with Crippen LogP contribution >= 0.6 is 15.9 Å². The van der Waals surface area contributed by atoms with Gasteiger partial charge in [0, 0.05) is 24.3 Å². The van der Waals surface area contributed by atoms with E-state index in [-0.39, 0.29) is 12.5 Å². The molecule has 1 unspecified atom stereocenters. The van der Waals surface area contributed by atoms with Crippen molar-refractivity contribution in [2.24, 2.45) is 13.0 Å². The van der Waals surface area contributed by atoms with E-state index in [1.807, 2.05) is 6.92 Å². The standard InChI is InChI=1S/C12H17BrN2O3/c1-3-4-8(12(17)18)6-14-11(16)10-5-9(13)7-15(10)2/h5,7-8H,3-4,6H2,1-2H3,(H,14,16)(H,17,18). The van der Waals surface area contributed by atoms with E-state index in [1.165, 1.54) is 0 Å². The van der Waals surface area contributed by atoms with Crippen LogP contribution < -0.4 is 5.32 Å². The van der Waals surface area contributed by atoms with Gasteiger partial charge in [-0.15, -0.1) is 0 Å². The first-order valence-corrected chi connectivity index (χ1v) is 6.57. The molecule has 0 bridgehead atoms. The third-order valence-electron chi connectivity index (χ3n) is 2.70. The van der Waals surface area contributed by atoms with Crippen LogP contribution in [0.5, 0.6) is 0 Å². The fourth-order valence-corrected chi connectivity index (χ4v) is 2.24. The van der Waals surface area contributed by atoms with Gasteiger partial charge in [0.1, 0.15) is 5.69 Å². The van der Waals surface area contributed by atoms with Gasteiger partial charge >= 0.3 is 5.97 Å². The second kappa shape index (κ2) is 6.58. The summed E-state index contributed by atoms with van der Waals surface area (Å²) >= 11 is 3.28. The molecule has 0 aliphatic carbocycles. The molecule has 0 spiro atoms. The highest BCUT2D eigenvalue weighted by atomic mass is 79.9. The molecule has 0 aliphatic heterocycles. The predicted octanol–water partition coefficient (Wildman–Crippen LogP) is 2.02. The Morgan fingerprint density at radius 3 is 2.67 bits per heavy atom. The van der Waals surface area contributed by atoms with Gasteiger partial charge in [-0.1, -0.05) is 13.3 Å². The molecule has 1 rings (SSSR count). The van der Waals surface area contributed by atoms with Crippen LogP contribution in [-0.4, -0.2) is 28.1 Å². The zero-order chi connectivity index (χ0) is 13.7. The zero-order valence-corrected chi connectivity index (χ0v) is 12.0. The molecule has 0 saturated carbocycles. The summed E-state index contributed by atoms with van der Waals surface area (Å²) in [5, 5.41) is 11.6. The van der Waals surface area contributed by atoms with E-state index >= 15 is 0 Å². The number of aromatic nitrogens is 1. The molecule has 5 nitrogen and oxygen atoms in total. The van der Waals surface area contributed by atoms with Crippen molar-refractivity contribution in [2.75, 3.05) is 6.54 Å². The van der Waals surface area contributed by atoms with Crippen LogP contribution in [0.3, 0.4) is 0 Å². The molecule has 0 aromatic carbocycles. The molecule has 1 aromatic heterocycles. The average molecular weight is 317 g/mol. The van der Waals surface area contributed by atoms with E-state index < -0.39 is 11.9 Å². The number of carboxylic acid groups (broad SMARTS) is 1. The number of carboxylic acids is 1. The first kappa shape index (κ1) is 14.8. The van der Waals surface area contributed by atoms with E-state index in [9.17, 15) is 9.59 Å². The van der Waals surface area contributed by atoms with Crippen molar-refractivity contribution in [3.05, 3.63) is 22.4 Å². The number of hydrogen-bond donors (Lipinski definition) is 2. The number of amides is 1.